The largest absolute Gasteiger partial charge is 0.477 e. The van der Waals surface area contributed by atoms with E-state index in [1.54, 1.807) is 0 Å². The summed E-state index contributed by atoms with van der Waals surface area (Å²) in [5.41, 5.74) is -3.05. The lowest BCUT2D eigenvalue weighted by Crippen LogP contribution is -2.43. The van der Waals surface area contributed by atoms with Crippen LogP contribution >= 0.6 is 0 Å². The monoisotopic (exact) mass is 473 g/mol. The zero-order valence-corrected chi connectivity index (χ0v) is 17.0. The number of carbonyl (C=O) groups is 1. The molecule has 2 aromatic carbocycles. The molecular formula is C22H14F3N3O6. The van der Waals surface area contributed by atoms with Crippen molar-refractivity contribution in [2.45, 2.75) is 25.1 Å². The lowest BCUT2D eigenvalue weighted by atomic mass is 10.0. The Kier molecular flexibility index (Phi) is 4.64. The van der Waals surface area contributed by atoms with Crippen molar-refractivity contribution >= 4 is 17.1 Å². The summed E-state index contributed by atoms with van der Waals surface area (Å²) in [6, 6.07) is 6.56. The topological polar surface area (TPSA) is 127 Å². The number of fused-ring (bicyclic) bond motifs is 2. The van der Waals surface area contributed by atoms with E-state index in [9.17, 15) is 37.5 Å². The molecule has 1 aliphatic rings. The summed E-state index contributed by atoms with van der Waals surface area (Å²) in [7, 11) is 0. The number of aromatic amines is 1. The molecule has 5 rings (SSSR count). The van der Waals surface area contributed by atoms with E-state index in [1.165, 1.54) is 30.3 Å². The van der Waals surface area contributed by atoms with Gasteiger partial charge in [-0.05, 0) is 42.2 Å². The van der Waals surface area contributed by atoms with E-state index >= 15 is 0 Å². The van der Waals surface area contributed by atoms with Gasteiger partial charge in [-0.25, -0.2) is 14.4 Å². The highest BCUT2D eigenvalue weighted by atomic mass is 19.4. The lowest BCUT2D eigenvalue weighted by molar-refractivity contribution is -0.138. The Labute approximate surface area is 186 Å². The number of alkyl halides is 3. The number of benzene rings is 2. The number of oxazole rings is 1. The van der Waals surface area contributed by atoms with Gasteiger partial charge in [-0.2, -0.15) is 13.2 Å². The molecule has 0 saturated carbocycles. The molecule has 0 radical (unpaired) electrons. The van der Waals surface area contributed by atoms with Crippen LogP contribution < -0.4 is 17.0 Å². The Balaban J connectivity index is 1.76. The molecule has 0 saturated heterocycles. The van der Waals surface area contributed by atoms with Crippen LogP contribution in [0.3, 0.4) is 0 Å². The van der Waals surface area contributed by atoms with Gasteiger partial charge in [0.05, 0.1) is 22.8 Å². The number of hydrogen-bond donors (Lipinski definition) is 2. The number of nitrogens with zero attached hydrogens (tertiary/aromatic N) is 2. The van der Waals surface area contributed by atoms with Crippen LogP contribution in [0.4, 0.5) is 13.2 Å². The van der Waals surface area contributed by atoms with Crippen molar-refractivity contribution in [3.8, 4) is 5.69 Å². The molecule has 0 spiro atoms. The van der Waals surface area contributed by atoms with E-state index in [0.717, 1.165) is 16.8 Å². The molecule has 2 heterocycles. The zero-order valence-electron chi connectivity index (χ0n) is 17.0. The Hall–Kier alpha value is -4.35. The Morgan fingerprint density at radius 1 is 1.15 bits per heavy atom. The second kappa shape index (κ2) is 7.33. The first-order chi connectivity index (χ1) is 16.1. The summed E-state index contributed by atoms with van der Waals surface area (Å²) in [5.74, 6) is -2.34. The fourth-order valence-corrected chi connectivity index (χ4v) is 4.43. The molecule has 0 aliphatic heterocycles. The summed E-state index contributed by atoms with van der Waals surface area (Å²) in [6.45, 7) is 0. The number of halogens is 3. The highest BCUT2D eigenvalue weighted by Crippen LogP contribution is 2.41. The molecule has 4 aromatic rings. The van der Waals surface area contributed by atoms with Crippen molar-refractivity contribution in [3.63, 3.8) is 0 Å². The Bertz CT molecular complexity index is 1660. The Morgan fingerprint density at radius 3 is 2.62 bits per heavy atom. The standard InChI is InChI=1S/C22H14F3N3O6/c23-22(24,25)14-3-1-2-12-11(14)5-7-16(12)28-18(29)13(19(30)31)9-27(21(28)33)10-4-6-15-17(8-10)34-20(32)26-15/h1-4,6,8-9,16H,5,7H2,(H,26,32)(H,30,31). The molecule has 34 heavy (non-hydrogen) atoms. The first kappa shape index (κ1) is 21.5. The first-order valence-corrected chi connectivity index (χ1v) is 10.00. The average Bonchev–Trinajstić information content (AvgIpc) is 3.35. The van der Waals surface area contributed by atoms with Crippen molar-refractivity contribution in [3.05, 3.63) is 96.2 Å². The summed E-state index contributed by atoms with van der Waals surface area (Å²) in [5, 5.41) is 9.57. The third-order valence-electron chi connectivity index (χ3n) is 5.89. The van der Waals surface area contributed by atoms with Gasteiger partial charge in [0.2, 0.25) is 0 Å². The second-order valence-electron chi connectivity index (χ2n) is 7.80. The molecule has 0 bridgehead atoms. The van der Waals surface area contributed by atoms with Crippen molar-refractivity contribution in [2.24, 2.45) is 0 Å². The SMILES string of the molecule is O=C(O)c1cn(-c2ccc3[nH]c(=O)oc3c2)c(=O)n(C2CCc3c2cccc3C(F)(F)F)c1=O. The predicted octanol–water partition coefficient (Wildman–Crippen LogP) is 2.69. The summed E-state index contributed by atoms with van der Waals surface area (Å²) >= 11 is 0. The molecule has 1 atom stereocenters. The van der Waals surface area contributed by atoms with Gasteiger partial charge in [0.1, 0.15) is 5.56 Å². The maximum Gasteiger partial charge on any atom is 0.417 e. The lowest BCUT2D eigenvalue weighted by Gasteiger charge is -2.18. The van der Waals surface area contributed by atoms with Gasteiger partial charge >= 0.3 is 23.6 Å². The molecular weight excluding hydrogens is 459 g/mol. The number of aromatic nitrogens is 3. The average molecular weight is 473 g/mol. The fraction of sp³-hybridized carbons (Fsp3) is 0.182. The van der Waals surface area contributed by atoms with E-state index in [2.05, 4.69) is 4.98 Å². The number of nitrogens with one attached hydrogen (secondary N) is 1. The first-order valence-electron chi connectivity index (χ1n) is 10.00. The van der Waals surface area contributed by atoms with Gasteiger partial charge in [-0.3, -0.25) is 18.9 Å². The molecule has 1 aliphatic carbocycles. The van der Waals surface area contributed by atoms with Gasteiger partial charge in [0.15, 0.2) is 5.58 Å². The van der Waals surface area contributed by atoms with Crippen molar-refractivity contribution in [1.29, 1.82) is 0 Å². The van der Waals surface area contributed by atoms with Crippen molar-refractivity contribution in [2.75, 3.05) is 0 Å². The Morgan fingerprint density at radius 2 is 1.91 bits per heavy atom. The van der Waals surface area contributed by atoms with Crippen LogP contribution in [0, 0.1) is 0 Å². The molecule has 0 amide bonds. The maximum absolute atomic E-state index is 13.5. The van der Waals surface area contributed by atoms with E-state index in [-0.39, 0.29) is 35.2 Å². The fourth-order valence-electron chi connectivity index (χ4n) is 4.43. The van der Waals surface area contributed by atoms with E-state index in [1.807, 2.05) is 0 Å². The van der Waals surface area contributed by atoms with Crippen LogP contribution in [-0.4, -0.2) is 25.2 Å². The number of carboxylic acid groups (broad SMARTS) is 1. The minimum Gasteiger partial charge on any atom is -0.477 e. The van der Waals surface area contributed by atoms with E-state index in [4.69, 9.17) is 4.42 Å². The smallest absolute Gasteiger partial charge is 0.417 e. The van der Waals surface area contributed by atoms with Crippen LogP contribution in [0.25, 0.3) is 16.8 Å². The number of hydrogen-bond acceptors (Lipinski definition) is 5. The van der Waals surface area contributed by atoms with Gasteiger partial charge in [-0.15, -0.1) is 0 Å². The molecule has 2 aromatic heterocycles. The summed E-state index contributed by atoms with van der Waals surface area (Å²) in [6.07, 6.45) is -3.81. The maximum atomic E-state index is 13.5. The summed E-state index contributed by atoms with van der Waals surface area (Å²) < 4.78 is 47.0. The van der Waals surface area contributed by atoms with Crippen LogP contribution in [-0.2, 0) is 12.6 Å². The molecule has 174 valence electrons. The van der Waals surface area contributed by atoms with Crippen LogP contribution in [0.1, 0.15) is 39.5 Å². The van der Waals surface area contributed by atoms with E-state index in [0.29, 0.717) is 10.1 Å². The van der Waals surface area contributed by atoms with Crippen molar-refractivity contribution in [1.82, 2.24) is 14.1 Å². The number of carboxylic acids is 1. The molecule has 9 nitrogen and oxygen atoms in total. The minimum absolute atomic E-state index is 0.00632. The number of rotatable bonds is 3. The predicted molar refractivity (Wildman–Crippen MR) is 112 cm³/mol. The normalized spacial score (nSPS) is 15.6. The highest BCUT2D eigenvalue weighted by molar-refractivity contribution is 5.87. The van der Waals surface area contributed by atoms with Gasteiger partial charge in [-0.1, -0.05) is 12.1 Å². The minimum atomic E-state index is -4.62. The molecule has 12 heteroatoms. The highest BCUT2D eigenvalue weighted by Gasteiger charge is 2.38. The zero-order chi connectivity index (χ0) is 24.4. The van der Waals surface area contributed by atoms with E-state index < -0.39 is 46.3 Å². The molecule has 1 unspecified atom stereocenters. The van der Waals surface area contributed by atoms with Gasteiger partial charge in [0.25, 0.3) is 5.56 Å². The van der Waals surface area contributed by atoms with Crippen LogP contribution in [0.2, 0.25) is 0 Å². The third-order valence-corrected chi connectivity index (χ3v) is 5.89. The number of aromatic carboxylic acids is 1. The third kappa shape index (κ3) is 3.26. The van der Waals surface area contributed by atoms with Crippen LogP contribution in [0.5, 0.6) is 0 Å². The second-order valence-corrected chi connectivity index (χ2v) is 7.80. The van der Waals surface area contributed by atoms with Gasteiger partial charge < -0.3 is 9.52 Å². The quantitative estimate of drug-likeness (QED) is 0.471. The van der Waals surface area contributed by atoms with Gasteiger partial charge in [0, 0.05) is 12.3 Å². The van der Waals surface area contributed by atoms with Crippen molar-refractivity contribution < 1.29 is 27.5 Å². The molecule has 2 N–H and O–H groups in total. The summed E-state index contributed by atoms with van der Waals surface area (Å²) in [4.78, 5) is 52.0. The van der Waals surface area contributed by atoms with Crippen LogP contribution in [0.15, 0.2) is 61.4 Å². The molecule has 0 fully saturated rings. The number of H-pyrrole nitrogens is 1.